The summed E-state index contributed by atoms with van der Waals surface area (Å²) in [7, 11) is 0. The maximum Gasteiger partial charge on any atom is 0.352 e. The van der Waals surface area contributed by atoms with E-state index < -0.39 is 5.97 Å². The minimum Gasteiger partial charge on any atom is -0.477 e. The van der Waals surface area contributed by atoms with Crippen LogP contribution in [0, 0.1) is 13.8 Å². The molecule has 0 aliphatic carbocycles. The van der Waals surface area contributed by atoms with E-state index in [2.05, 4.69) is 16.9 Å². The quantitative estimate of drug-likeness (QED) is 0.695. The van der Waals surface area contributed by atoms with Gasteiger partial charge in [0, 0.05) is 11.7 Å². The molecule has 1 aromatic heterocycles. The van der Waals surface area contributed by atoms with Crippen molar-refractivity contribution in [2.45, 2.75) is 26.8 Å². The van der Waals surface area contributed by atoms with Crippen LogP contribution in [0.5, 0.6) is 0 Å². The van der Waals surface area contributed by atoms with Crippen molar-refractivity contribution in [3.63, 3.8) is 0 Å². The highest BCUT2D eigenvalue weighted by Gasteiger charge is 2.21. The van der Waals surface area contributed by atoms with Crippen LogP contribution in [0.2, 0.25) is 0 Å². The van der Waals surface area contributed by atoms with Crippen LogP contribution >= 0.6 is 0 Å². The van der Waals surface area contributed by atoms with Crippen LogP contribution in [0.3, 0.4) is 0 Å². The molecule has 92 valence electrons. The van der Waals surface area contributed by atoms with Crippen molar-refractivity contribution in [1.82, 2.24) is 10.3 Å². The molecule has 5 heteroatoms. The molecule has 0 radical (unpaired) electrons. The van der Waals surface area contributed by atoms with Gasteiger partial charge in [-0.1, -0.05) is 6.08 Å². The molecule has 5 nitrogen and oxygen atoms in total. The SMILES string of the molecule is C=CC(C)NC(=O)c1c(C)[nH]c(C(=O)O)c1C. The monoisotopic (exact) mass is 236 g/mol. The van der Waals surface area contributed by atoms with Gasteiger partial charge >= 0.3 is 5.97 Å². The zero-order valence-corrected chi connectivity index (χ0v) is 10.1. The first-order valence-corrected chi connectivity index (χ1v) is 5.24. The summed E-state index contributed by atoms with van der Waals surface area (Å²) in [6, 6.07) is -0.163. The Morgan fingerprint density at radius 1 is 1.47 bits per heavy atom. The Hall–Kier alpha value is -2.04. The van der Waals surface area contributed by atoms with Crippen molar-refractivity contribution in [3.8, 4) is 0 Å². The van der Waals surface area contributed by atoms with E-state index in [9.17, 15) is 9.59 Å². The van der Waals surface area contributed by atoms with Crippen molar-refractivity contribution < 1.29 is 14.7 Å². The first kappa shape index (κ1) is 13.0. The van der Waals surface area contributed by atoms with Crippen molar-refractivity contribution in [3.05, 3.63) is 35.2 Å². The van der Waals surface area contributed by atoms with Gasteiger partial charge in [0.2, 0.25) is 0 Å². The molecule has 1 atom stereocenters. The molecule has 1 amide bonds. The topological polar surface area (TPSA) is 82.2 Å². The van der Waals surface area contributed by atoms with Crippen LogP contribution in [-0.2, 0) is 0 Å². The van der Waals surface area contributed by atoms with Crippen LogP contribution in [-0.4, -0.2) is 28.0 Å². The molecule has 1 aromatic rings. The number of carboxylic acid groups (broad SMARTS) is 1. The summed E-state index contributed by atoms with van der Waals surface area (Å²) in [5.41, 5.74) is 1.44. The second kappa shape index (κ2) is 4.86. The Balaban J connectivity index is 3.10. The Morgan fingerprint density at radius 3 is 2.47 bits per heavy atom. The van der Waals surface area contributed by atoms with E-state index in [4.69, 9.17) is 5.11 Å². The van der Waals surface area contributed by atoms with Crippen LogP contribution in [0.15, 0.2) is 12.7 Å². The largest absolute Gasteiger partial charge is 0.477 e. The number of rotatable bonds is 4. The Bertz CT molecular complexity index is 474. The first-order valence-electron chi connectivity index (χ1n) is 5.24. The predicted octanol–water partition coefficient (Wildman–Crippen LogP) is 1.63. The van der Waals surface area contributed by atoms with Crippen LogP contribution in [0.1, 0.15) is 39.0 Å². The van der Waals surface area contributed by atoms with Gasteiger partial charge in [0.15, 0.2) is 0 Å². The van der Waals surface area contributed by atoms with Crippen LogP contribution in [0.25, 0.3) is 0 Å². The lowest BCUT2D eigenvalue weighted by Gasteiger charge is -2.09. The number of aryl methyl sites for hydroxylation is 1. The molecule has 0 bridgehead atoms. The second-order valence-electron chi connectivity index (χ2n) is 3.93. The van der Waals surface area contributed by atoms with Gasteiger partial charge in [-0.2, -0.15) is 0 Å². The fraction of sp³-hybridized carbons (Fsp3) is 0.333. The molecule has 1 heterocycles. The van der Waals surface area contributed by atoms with Gasteiger partial charge in [-0.25, -0.2) is 4.79 Å². The summed E-state index contributed by atoms with van der Waals surface area (Å²) in [5.74, 6) is -1.36. The molecule has 0 aliphatic rings. The first-order chi connectivity index (χ1) is 7.88. The lowest BCUT2D eigenvalue weighted by molar-refractivity contribution is 0.0690. The number of hydrogen-bond donors (Lipinski definition) is 3. The lowest BCUT2D eigenvalue weighted by Crippen LogP contribution is -2.31. The summed E-state index contributed by atoms with van der Waals surface area (Å²) in [6.45, 7) is 8.65. The summed E-state index contributed by atoms with van der Waals surface area (Å²) in [6.07, 6.45) is 1.60. The summed E-state index contributed by atoms with van der Waals surface area (Å²) in [5, 5.41) is 11.6. The Labute approximate surface area is 99.5 Å². The van der Waals surface area contributed by atoms with Gasteiger partial charge in [-0.15, -0.1) is 6.58 Å². The standard InChI is InChI=1S/C12H16N2O3/c1-5-6(2)13-11(15)9-7(3)10(12(16)17)14-8(9)4/h5-6,14H,1H2,2-4H3,(H,13,15)(H,16,17). The second-order valence-corrected chi connectivity index (χ2v) is 3.93. The maximum absolute atomic E-state index is 11.9. The fourth-order valence-corrected chi connectivity index (χ4v) is 1.64. The highest BCUT2D eigenvalue weighted by atomic mass is 16.4. The van der Waals surface area contributed by atoms with Gasteiger partial charge in [0.25, 0.3) is 5.91 Å². The third-order valence-corrected chi connectivity index (χ3v) is 2.59. The molecule has 0 spiro atoms. The molecule has 1 rings (SSSR count). The van der Waals surface area contributed by atoms with Crippen molar-refractivity contribution in [1.29, 1.82) is 0 Å². The van der Waals surface area contributed by atoms with E-state index in [-0.39, 0.29) is 17.6 Å². The molecule has 0 aromatic carbocycles. The minimum atomic E-state index is -1.07. The number of carboxylic acids is 1. The van der Waals surface area contributed by atoms with Crippen LogP contribution in [0.4, 0.5) is 0 Å². The van der Waals surface area contributed by atoms with E-state index in [0.29, 0.717) is 16.8 Å². The number of aromatic amines is 1. The molecule has 0 saturated heterocycles. The molecule has 3 N–H and O–H groups in total. The summed E-state index contributed by atoms with van der Waals surface area (Å²) >= 11 is 0. The highest BCUT2D eigenvalue weighted by Crippen LogP contribution is 2.17. The maximum atomic E-state index is 11.9. The van der Waals surface area contributed by atoms with Gasteiger partial charge in [-0.05, 0) is 26.3 Å². The Morgan fingerprint density at radius 2 is 2.06 bits per heavy atom. The third-order valence-electron chi connectivity index (χ3n) is 2.59. The van der Waals surface area contributed by atoms with Crippen molar-refractivity contribution >= 4 is 11.9 Å². The molecule has 0 aliphatic heterocycles. The highest BCUT2D eigenvalue weighted by molar-refractivity contribution is 6.01. The van der Waals surface area contributed by atoms with Gasteiger partial charge in [0.05, 0.1) is 5.56 Å². The Kier molecular flexibility index (Phi) is 3.73. The van der Waals surface area contributed by atoms with Crippen molar-refractivity contribution in [2.75, 3.05) is 0 Å². The van der Waals surface area contributed by atoms with E-state index >= 15 is 0 Å². The normalized spacial score (nSPS) is 11.9. The minimum absolute atomic E-state index is 0.0545. The number of aromatic carboxylic acids is 1. The zero-order valence-electron chi connectivity index (χ0n) is 10.1. The zero-order chi connectivity index (χ0) is 13.2. The third kappa shape index (κ3) is 2.55. The summed E-state index contributed by atoms with van der Waals surface area (Å²) in [4.78, 5) is 25.5. The number of aromatic nitrogens is 1. The van der Waals surface area contributed by atoms with E-state index in [1.54, 1.807) is 26.8 Å². The number of amides is 1. The van der Waals surface area contributed by atoms with Gasteiger partial charge in [0.1, 0.15) is 5.69 Å². The molecule has 0 saturated carbocycles. The summed E-state index contributed by atoms with van der Waals surface area (Å²) < 4.78 is 0. The average Bonchev–Trinajstić information content (AvgIpc) is 2.54. The molecule has 0 fully saturated rings. The smallest absolute Gasteiger partial charge is 0.352 e. The molecule has 17 heavy (non-hydrogen) atoms. The lowest BCUT2D eigenvalue weighted by atomic mass is 10.1. The van der Waals surface area contributed by atoms with Gasteiger partial charge in [-0.3, -0.25) is 4.79 Å². The number of hydrogen-bond acceptors (Lipinski definition) is 2. The average molecular weight is 236 g/mol. The number of H-pyrrole nitrogens is 1. The molecule has 1 unspecified atom stereocenters. The predicted molar refractivity (Wildman–Crippen MR) is 64.4 cm³/mol. The van der Waals surface area contributed by atoms with Gasteiger partial charge < -0.3 is 15.4 Å². The molecular formula is C12H16N2O3. The fourth-order valence-electron chi connectivity index (χ4n) is 1.64. The van der Waals surface area contributed by atoms with Crippen molar-refractivity contribution in [2.24, 2.45) is 0 Å². The van der Waals surface area contributed by atoms with E-state index in [1.807, 2.05) is 0 Å². The number of carbonyl (C=O) groups is 2. The van der Waals surface area contributed by atoms with E-state index in [1.165, 1.54) is 0 Å². The number of nitrogens with one attached hydrogen (secondary N) is 2. The molecular weight excluding hydrogens is 220 g/mol. The van der Waals surface area contributed by atoms with E-state index in [0.717, 1.165) is 0 Å². The van der Waals surface area contributed by atoms with Crippen LogP contribution < -0.4 is 5.32 Å². The number of carbonyl (C=O) groups excluding carboxylic acids is 1.